The highest BCUT2D eigenvalue weighted by atomic mass is 32.1. The smallest absolute Gasteiger partial charge is 0.155 e. The number of thiazole rings is 1. The van der Waals surface area contributed by atoms with Gasteiger partial charge in [0.2, 0.25) is 0 Å². The first-order valence-corrected chi connectivity index (χ1v) is 4.68. The second-order valence-electron chi connectivity index (χ2n) is 2.72. The Bertz CT molecular complexity index is 282. The molecule has 1 heterocycles. The third-order valence-electron chi connectivity index (χ3n) is 1.69. The fourth-order valence-corrected chi connectivity index (χ4v) is 1.76. The van der Waals surface area contributed by atoms with Crippen molar-refractivity contribution in [2.45, 2.75) is 19.8 Å². The van der Waals surface area contributed by atoms with Crippen LogP contribution in [0.25, 0.3) is 0 Å². The Hall–Kier alpha value is -0.740. The molecule has 4 heteroatoms. The molecule has 0 bridgehead atoms. The summed E-state index contributed by atoms with van der Waals surface area (Å²) in [5.74, 6) is -0.0990. The van der Waals surface area contributed by atoms with E-state index < -0.39 is 0 Å². The van der Waals surface area contributed by atoms with Gasteiger partial charge in [0.05, 0.1) is 12.5 Å². The number of nitrogens with zero attached hydrogens (tertiary/aromatic N) is 1. The maximum Gasteiger partial charge on any atom is 0.155 e. The van der Waals surface area contributed by atoms with Crippen LogP contribution in [0.5, 0.6) is 0 Å². The van der Waals surface area contributed by atoms with E-state index in [9.17, 15) is 4.79 Å². The van der Waals surface area contributed by atoms with Gasteiger partial charge in [0.25, 0.3) is 0 Å². The molecule has 1 rings (SSSR count). The summed E-state index contributed by atoms with van der Waals surface area (Å²) in [4.78, 5) is 15.4. The van der Waals surface area contributed by atoms with E-state index >= 15 is 0 Å². The number of aromatic nitrogens is 1. The highest BCUT2D eigenvalue weighted by Crippen LogP contribution is 2.19. The molecule has 0 aliphatic heterocycles. The minimum atomic E-state index is -0.145. The van der Waals surface area contributed by atoms with Crippen LogP contribution in [0.1, 0.15) is 23.5 Å². The Morgan fingerprint density at radius 1 is 1.83 bits per heavy atom. The second-order valence-corrected chi connectivity index (χ2v) is 3.61. The molecule has 0 saturated heterocycles. The normalized spacial score (nSPS) is 12.9. The van der Waals surface area contributed by atoms with Gasteiger partial charge in [-0.1, -0.05) is 0 Å². The standard InChI is InChI=1S/C8H12N2OS/c1-5-4-12-8(10-5)6(2)7(11)3-9/h4,6H,3,9H2,1-2H3. The van der Waals surface area contributed by atoms with Gasteiger partial charge >= 0.3 is 0 Å². The molecule has 3 nitrogen and oxygen atoms in total. The molecule has 0 amide bonds. The summed E-state index contributed by atoms with van der Waals surface area (Å²) < 4.78 is 0. The van der Waals surface area contributed by atoms with Crippen molar-refractivity contribution >= 4 is 17.1 Å². The predicted molar refractivity (Wildman–Crippen MR) is 49.3 cm³/mol. The molecule has 0 aromatic carbocycles. The van der Waals surface area contributed by atoms with Gasteiger partial charge < -0.3 is 5.73 Å². The van der Waals surface area contributed by atoms with Crippen LogP contribution in [0.4, 0.5) is 0 Å². The first-order chi connectivity index (χ1) is 5.65. The third kappa shape index (κ3) is 1.89. The molecule has 12 heavy (non-hydrogen) atoms. The minimum absolute atomic E-state index is 0.0457. The zero-order valence-corrected chi connectivity index (χ0v) is 8.02. The van der Waals surface area contributed by atoms with E-state index in [1.54, 1.807) is 0 Å². The first kappa shape index (κ1) is 9.35. The van der Waals surface area contributed by atoms with Crippen molar-refractivity contribution in [3.63, 3.8) is 0 Å². The summed E-state index contributed by atoms with van der Waals surface area (Å²) in [5.41, 5.74) is 6.21. The van der Waals surface area contributed by atoms with Crippen molar-refractivity contribution in [3.8, 4) is 0 Å². The molecule has 1 aromatic rings. The van der Waals surface area contributed by atoms with Gasteiger partial charge in [-0.3, -0.25) is 4.79 Å². The van der Waals surface area contributed by atoms with Gasteiger partial charge in [-0.2, -0.15) is 0 Å². The molecule has 2 N–H and O–H groups in total. The lowest BCUT2D eigenvalue weighted by molar-refractivity contribution is -0.118. The molecule has 1 aromatic heterocycles. The molecular weight excluding hydrogens is 172 g/mol. The number of hydrogen-bond acceptors (Lipinski definition) is 4. The Kier molecular flexibility index (Phi) is 2.94. The number of ketones is 1. The van der Waals surface area contributed by atoms with Crippen LogP contribution in [0.15, 0.2) is 5.38 Å². The number of hydrogen-bond donors (Lipinski definition) is 1. The van der Waals surface area contributed by atoms with Crippen molar-refractivity contribution in [1.29, 1.82) is 0 Å². The summed E-state index contributed by atoms with van der Waals surface area (Å²) in [5, 5.41) is 2.80. The van der Waals surface area contributed by atoms with Gasteiger partial charge in [0, 0.05) is 11.1 Å². The van der Waals surface area contributed by atoms with Crippen molar-refractivity contribution in [2.75, 3.05) is 6.54 Å². The summed E-state index contributed by atoms with van der Waals surface area (Å²) in [6, 6.07) is 0. The fourth-order valence-electron chi connectivity index (χ4n) is 0.886. The van der Waals surface area contributed by atoms with Gasteiger partial charge in [-0.05, 0) is 13.8 Å². The molecule has 0 saturated carbocycles. The number of nitrogens with two attached hydrogens (primary N) is 1. The fraction of sp³-hybridized carbons (Fsp3) is 0.500. The summed E-state index contributed by atoms with van der Waals surface area (Å²) >= 11 is 1.51. The van der Waals surface area contributed by atoms with Crippen molar-refractivity contribution in [2.24, 2.45) is 5.73 Å². The van der Waals surface area contributed by atoms with E-state index in [1.165, 1.54) is 11.3 Å². The SMILES string of the molecule is Cc1csc(C(C)C(=O)CN)n1. The predicted octanol–water partition coefficient (Wildman–Crippen LogP) is 1.08. The molecule has 0 fully saturated rings. The number of carbonyl (C=O) groups is 1. The number of carbonyl (C=O) groups excluding carboxylic acids is 1. The van der Waals surface area contributed by atoms with E-state index in [1.807, 2.05) is 19.2 Å². The molecule has 0 radical (unpaired) electrons. The van der Waals surface area contributed by atoms with Crippen LogP contribution in [-0.4, -0.2) is 17.3 Å². The van der Waals surface area contributed by atoms with Crippen LogP contribution in [0.2, 0.25) is 0 Å². The average Bonchev–Trinajstić information content (AvgIpc) is 2.49. The number of aryl methyl sites for hydroxylation is 1. The summed E-state index contributed by atoms with van der Waals surface area (Å²) in [6.07, 6.45) is 0. The maximum atomic E-state index is 11.2. The molecule has 66 valence electrons. The largest absolute Gasteiger partial charge is 0.324 e. The third-order valence-corrected chi connectivity index (χ3v) is 2.84. The molecular formula is C8H12N2OS. The van der Waals surface area contributed by atoms with Crippen LogP contribution in [-0.2, 0) is 4.79 Å². The van der Waals surface area contributed by atoms with Crippen LogP contribution >= 0.6 is 11.3 Å². The maximum absolute atomic E-state index is 11.2. The highest BCUT2D eigenvalue weighted by Gasteiger charge is 2.16. The number of Topliss-reactive ketones (excluding diaryl/α,β-unsaturated/α-hetero) is 1. The van der Waals surface area contributed by atoms with Crippen molar-refractivity contribution < 1.29 is 4.79 Å². The highest BCUT2D eigenvalue weighted by molar-refractivity contribution is 7.09. The first-order valence-electron chi connectivity index (χ1n) is 3.80. The lowest BCUT2D eigenvalue weighted by atomic mass is 10.1. The molecule has 0 aliphatic rings. The van der Waals surface area contributed by atoms with Gasteiger partial charge in [-0.15, -0.1) is 11.3 Å². The second kappa shape index (κ2) is 3.78. The molecule has 0 spiro atoms. The van der Waals surface area contributed by atoms with Crippen LogP contribution in [0.3, 0.4) is 0 Å². The monoisotopic (exact) mass is 184 g/mol. The van der Waals surface area contributed by atoms with E-state index in [0.29, 0.717) is 0 Å². The average molecular weight is 184 g/mol. The Morgan fingerprint density at radius 2 is 2.50 bits per heavy atom. The Balaban J connectivity index is 2.77. The van der Waals surface area contributed by atoms with Crippen LogP contribution in [0, 0.1) is 6.92 Å². The lowest BCUT2D eigenvalue weighted by Crippen LogP contribution is -2.19. The quantitative estimate of drug-likeness (QED) is 0.764. The lowest BCUT2D eigenvalue weighted by Gasteiger charge is -2.03. The van der Waals surface area contributed by atoms with E-state index in [2.05, 4.69) is 4.98 Å². The van der Waals surface area contributed by atoms with E-state index in [4.69, 9.17) is 5.73 Å². The topological polar surface area (TPSA) is 56.0 Å². The summed E-state index contributed by atoms with van der Waals surface area (Å²) in [6.45, 7) is 3.85. The molecule has 0 aliphatic carbocycles. The zero-order valence-electron chi connectivity index (χ0n) is 7.20. The van der Waals surface area contributed by atoms with Crippen molar-refractivity contribution in [1.82, 2.24) is 4.98 Å². The summed E-state index contributed by atoms with van der Waals surface area (Å²) in [7, 11) is 0. The zero-order chi connectivity index (χ0) is 9.14. The minimum Gasteiger partial charge on any atom is -0.324 e. The Labute approximate surface area is 75.6 Å². The Morgan fingerprint density at radius 3 is 2.92 bits per heavy atom. The van der Waals surface area contributed by atoms with E-state index in [-0.39, 0.29) is 18.2 Å². The van der Waals surface area contributed by atoms with Gasteiger partial charge in [0.1, 0.15) is 5.01 Å². The van der Waals surface area contributed by atoms with Gasteiger partial charge in [0.15, 0.2) is 5.78 Å². The molecule has 1 unspecified atom stereocenters. The number of rotatable bonds is 3. The van der Waals surface area contributed by atoms with Crippen LogP contribution < -0.4 is 5.73 Å². The molecule has 1 atom stereocenters. The van der Waals surface area contributed by atoms with Crippen molar-refractivity contribution in [3.05, 3.63) is 16.1 Å². The van der Waals surface area contributed by atoms with E-state index in [0.717, 1.165) is 10.7 Å². The van der Waals surface area contributed by atoms with Gasteiger partial charge in [-0.25, -0.2) is 4.98 Å².